The van der Waals surface area contributed by atoms with Crippen LogP contribution in [-0.2, 0) is 7.05 Å². The normalized spacial score (nSPS) is 11.0. The van der Waals surface area contributed by atoms with Gasteiger partial charge in [-0.15, -0.1) is 0 Å². The molecule has 0 aliphatic carbocycles. The van der Waals surface area contributed by atoms with Gasteiger partial charge in [-0.1, -0.05) is 35.4 Å². The van der Waals surface area contributed by atoms with Gasteiger partial charge < -0.3 is 10.6 Å². The van der Waals surface area contributed by atoms with Gasteiger partial charge in [0, 0.05) is 18.4 Å². The van der Waals surface area contributed by atoms with E-state index in [2.05, 4.69) is 71.8 Å². The Morgan fingerprint density at radius 2 is 1.59 bits per heavy atom. The van der Waals surface area contributed by atoms with E-state index in [9.17, 15) is 0 Å². The molecule has 0 amide bonds. The average molecular weight is 358 g/mol. The lowest BCUT2D eigenvalue weighted by Crippen LogP contribution is -2.04. The molecule has 2 heterocycles. The molecular weight excluding hydrogens is 336 g/mol. The number of benzene rings is 2. The molecule has 136 valence electrons. The lowest BCUT2D eigenvalue weighted by Gasteiger charge is -2.12. The highest BCUT2D eigenvalue weighted by molar-refractivity contribution is 5.90. The van der Waals surface area contributed by atoms with E-state index in [4.69, 9.17) is 4.98 Å². The first-order chi connectivity index (χ1) is 13.0. The second kappa shape index (κ2) is 6.72. The van der Waals surface area contributed by atoms with Gasteiger partial charge in [0.15, 0.2) is 5.65 Å². The van der Waals surface area contributed by atoms with Gasteiger partial charge in [0.25, 0.3) is 0 Å². The summed E-state index contributed by atoms with van der Waals surface area (Å²) >= 11 is 0. The Bertz CT molecular complexity index is 1110. The minimum absolute atomic E-state index is 0.530. The van der Waals surface area contributed by atoms with E-state index >= 15 is 0 Å². The van der Waals surface area contributed by atoms with Crippen molar-refractivity contribution in [1.82, 2.24) is 19.7 Å². The van der Waals surface area contributed by atoms with E-state index < -0.39 is 0 Å². The average Bonchev–Trinajstić information content (AvgIpc) is 3.01. The maximum Gasteiger partial charge on any atom is 0.231 e. The quantitative estimate of drug-likeness (QED) is 0.550. The van der Waals surface area contributed by atoms with Gasteiger partial charge in [-0.2, -0.15) is 15.1 Å². The fourth-order valence-corrected chi connectivity index (χ4v) is 3.02. The van der Waals surface area contributed by atoms with Crippen LogP contribution in [0.1, 0.15) is 16.7 Å². The number of aromatic nitrogens is 4. The van der Waals surface area contributed by atoms with Crippen molar-refractivity contribution in [3.05, 3.63) is 65.4 Å². The highest BCUT2D eigenvalue weighted by Crippen LogP contribution is 2.27. The maximum absolute atomic E-state index is 4.70. The fourth-order valence-electron chi connectivity index (χ4n) is 3.02. The molecule has 0 spiro atoms. The van der Waals surface area contributed by atoms with Crippen molar-refractivity contribution < 1.29 is 0 Å². The molecule has 27 heavy (non-hydrogen) atoms. The molecule has 2 N–H and O–H groups in total. The Balaban J connectivity index is 1.75. The molecule has 0 saturated carbocycles. The molecule has 4 rings (SSSR count). The van der Waals surface area contributed by atoms with E-state index in [1.165, 1.54) is 16.7 Å². The molecule has 6 nitrogen and oxygen atoms in total. The topological polar surface area (TPSA) is 67.7 Å². The molecule has 0 saturated heterocycles. The number of fused-ring (bicyclic) bond motifs is 1. The van der Waals surface area contributed by atoms with Crippen LogP contribution in [0, 0.1) is 20.8 Å². The zero-order chi connectivity index (χ0) is 19.0. The van der Waals surface area contributed by atoms with E-state index in [1.807, 2.05) is 19.2 Å². The van der Waals surface area contributed by atoms with Crippen molar-refractivity contribution in [2.24, 2.45) is 7.05 Å². The Morgan fingerprint density at radius 1 is 0.852 bits per heavy atom. The van der Waals surface area contributed by atoms with Crippen LogP contribution in [0.3, 0.4) is 0 Å². The minimum atomic E-state index is 0.530. The van der Waals surface area contributed by atoms with E-state index in [1.54, 1.807) is 10.9 Å². The van der Waals surface area contributed by atoms with Crippen LogP contribution in [0.25, 0.3) is 11.0 Å². The lowest BCUT2D eigenvalue weighted by atomic mass is 10.1. The monoisotopic (exact) mass is 358 g/mol. The Kier molecular flexibility index (Phi) is 4.24. The van der Waals surface area contributed by atoms with Crippen molar-refractivity contribution in [2.45, 2.75) is 20.8 Å². The molecule has 4 aromatic rings. The third kappa shape index (κ3) is 3.46. The third-order valence-electron chi connectivity index (χ3n) is 4.53. The van der Waals surface area contributed by atoms with Crippen LogP contribution in [0.15, 0.2) is 48.7 Å². The molecule has 0 unspecified atom stereocenters. The number of nitrogens with zero attached hydrogens (tertiary/aromatic N) is 4. The Labute approximate surface area is 158 Å². The summed E-state index contributed by atoms with van der Waals surface area (Å²) in [7, 11) is 1.88. The second-order valence-electron chi connectivity index (χ2n) is 6.84. The molecular formula is C21H22N6. The van der Waals surface area contributed by atoms with Gasteiger partial charge in [-0.25, -0.2) is 0 Å². The Hall–Kier alpha value is -3.41. The van der Waals surface area contributed by atoms with Crippen molar-refractivity contribution in [3.8, 4) is 0 Å². The first-order valence-corrected chi connectivity index (χ1v) is 8.87. The molecule has 2 aromatic carbocycles. The SMILES string of the molecule is Cc1ccc(Nc2nc(Nc3ccc(C)cc3C)c3cnn(C)c3n2)cc1. The number of anilines is 4. The smallest absolute Gasteiger partial charge is 0.231 e. The lowest BCUT2D eigenvalue weighted by molar-refractivity contribution is 0.786. The van der Waals surface area contributed by atoms with E-state index in [0.717, 1.165) is 28.2 Å². The molecule has 6 heteroatoms. The van der Waals surface area contributed by atoms with Gasteiger partial charge in [-0.05, 0) is 44.5 Å². The summed E-state index contributed by atoms with van der Waals surface area (Å²) < 4.78 is 1.75. The van der Waals surface area contributed by atoms with E-state index in [0.29, 0.717) is 5.95 Å². The first kappa shape index (κ1) is 17.0. The minimum Gasteiger partial charge on any atom is -0.339 e. The second-order valence-corrected chi connectivity index (χ2v) is 6.84. The summed E-state index contributed by atoms with van der Waals surface area (Å²) in [5, 5.41) is 12.0. The standard InChI is InChI=1S/C21H22N6/c1-13-5-8-16(9-6-13)23-21-25-19(17-12-22-27(4)20(17)26-21)24-18-10-7-14(2)11-15(18)3/h5-12H,1-4H3,(H2,23,24,25,26). The van der Waals surface area contributed by atoms with Crippen LogP contribution >= 0.6 is 0 Å². The van der Waals surface area contributed by atoms with Crippen molar-refractivity contribution in [1.29, 1.82) is 0 Å². The summed E-state index contributed by atoms with van der Waals surface area (Å²) in [6.45, 7) is 6.24. The van der Waals surface area contributed by atoms with E-state index in [-0.39, 0.29) is 0 Å². The third-order valence-corrected chi connectivity index (χ3v) is 4.53. The summed E-state index contributed by atoms with van der Waals surface area (Å²) in [5.74, 6) is 1.26. The largest absolute Gasteiger partial charge is 0.339 e. The Morgan fingerprint density at radius 3 is 2.33 bits per heavy atom. The van der Waals surface area contributed by atoms with Gasteiger partial charge in [0.1, 0.15) is 5.82 Å². The number of aryl methyl sites for hydroxylation is 4. The van der Waals surface area contributed by atoms with Gasteiger partial charge in [0.2, 0.25) is 5.95 Å². The van der Waals surface area contributed by atoms with Crippen molar-refractivity contribution >= 4 is 34.2 Å². The number of hydrogen-bond acceptors (Lipinski definition) is 5. The van der Waals surface area contributed by atoms with Crippen LogP contribution < -0.4 is 10.6 Å². The number of hydrogen-bond donors (Lipinski definition) is 2. The summed E-state index contributed by atoms with van der Waals surface area (Å²) in [6.07, 6.45) is 1.79. The zero-order valence-corrected chi connectivity index (χ0v) is 15.9. The fraction of sp³-hybridized carbons (Fsp3) is 0.190. The molecule has 0 bridgehead atoms. The summed E-state index contributed by atoms with van der Waals surface area (Å²) in [5.41, 5.74) is 6.34. The van der Waals surface area contributed by atoms with Crippen LogP contribution in [0.4, 0.5) is 23.1 Å². The van der Waals surface area contributed by atoms with Gasteiger partial charge in [0.05, 0.1) is 11.6 Å². The predicted octanol–water partition coefficient (Wildman–Crippen LogP) is 4.78. The van der Waals surface area contributed by atoms with Crippen molar-refractivity contribution in [2.75, 3.05) is 10.6 Å². The van der Waals surface area contributed by atoms with Crippen LogP contribution in [-0.4, -0.2) is 19.7 Å². The number of rotatable bonds is 4. The van der Waals surface area contributed by atoms with Crippen molar-refractivity contribution in [3.63, 3.8) is 0 Å². The van der Waals surface area contributed by atoms with Gasteiger partial charge in [-0.3, -0.25) is 4.68 Å². The molecule has 0 fully saturated rings. The molecule has 0 aliphatic heterocycles. The highest BCUT2D eigenvalue weighted by atomic mass is 15.3. The molecule has 2 aromatic heterocycles. The maximum atomic E-state index is 4.70. The molecule has 0 atom stereocenters. The highest BCUT2D eigenvalue weighted by Gasteiger charge is 2.13. The molecule has 0 aliphatic rings. The first-order valence-electron chi connectivity index (χ1n) is 8.87. The summed E-state index contributed by atoms with van der Waals surface area (Å²) in [6, 6.07) is 14.5. The molecule has 0 radical (unpaired) electrons. The summed E-state index contributed by atoms with van der Waals surface area (Å²) in [4.78, 5) is 9.33. The zero-order valence-electron chi connectivity index (χ0n) is 15.9. The van der Waals surface area contributed by atoms with Gasteiger partial charge >= 0.3 is 0 Å². The van der Waals surface area contributed by atoms with Crippen LogP contribution in [0.5, 0.6) is 0 Å². The van der Waals surface area contributed by atoms with Crippen LogP contribution in [0.2, 0.25) is 0 Å². The predicted molar refractivity (Wildman–Crippen MR) is 110 cm³/mol. The number of nitrogens with one attached hydrogen (secondary N) is 2.